The summed E-state index contributed by atoms with van der Waals surface area (Å²) >= 11 is 3.78. The van der Waals surface area contributed by atoms with E-state index in [-0.39, 0.29) is 10.5 Å². The Bertz CT molecular complexity index is 404. The molecule has 5 N–H and O–H groups in total. The van der Waals surface area contributed by atoms with Crippen molar-refractivity contribution < 1.29 is 33.8 Å². The molecule has 0 atom stereocenters. The first-order valence-electron chi connectivity index (χ1n) is 3.86. The van der Waals surface area contributed by atoms with E-state index in [0.29, 0.717) is 0 Å². The highest BCUT2D eigenvalue weighted by molar-refractivity contribution is 7.80. The van der Waals surface area contributed by atoms with Crippen LogP contribution in [0.4, 0.5) is 0 Å². The standard InChI is InChI=1S/C7H8O7SSi/c8-4-1-3(7(9)10)2-5(15)6(4)14-16(11,12)13/h1-2,8,11-13,15H,(H,9,10). The molecule has 0 aliphatic heterocycles. The summed E-state index contributed by atoms with van der Waals surface area (Å²) in [5.41, 5.74) is -0.254. The van der Waals surface area contributed by atoms with E-state index in [0.717, 1.165) is 12.1 Å². The Hall–Kier alpha value is -1.26. The van der Waals surface area contributed by atoms with Gasteiger partial charge in [-0.2, -0.15) is 0 Å². The minimum absolute atomic E-state index is 0.147. The lowest BCUT2D eigenvalue weighted by molar-refractivity contribution is 0.0696. The predicted octanol–water partition coefficient (Wildman–Crippen LogP) is -0.830. The number of rotatable bonds is 3. The Morgan fingerprint density at radius 1 is 1.31 bits per heavy atom. The van der Waals surface area contributed by atoms with Gasteiger partial charge in [-0.25, -0.2) is 4.79 Å². The molecule has 88 valence electrons. The van der Waals surface area contributed by atoms with Gasteiger partial charge < -0.3 is 29.0 Å². The van der Waals surface area contributed by atoms with Crippen LogP contribution in [0.3, 0.4) is 0 Å². The molecule has 9 heteroatoms. The molecule has 0 saturated heterocycles. The summed E-state index contributed by atoms with van der Waals surface area (Å²) in [6.45, 7) is 0. The highest BCUT2D eigenvalue weighted by Gasteiger charge is 2.35. The highest BCUT2D eigenvalue weighted by atomic mass is 32.1. The summed E-state index contributed by atoms with van der Waals surface area (Å²) in [7, 11) is -4.86. The van der Waals surface area contributed by atoms with Gasteiger partial charge in [-0.1, -0.05) is 0 Å². The van der Waals surface area contributed by atoms with Crippen molar-refractivity contribution in [3.05, 3.63) is 17.7 Å². The zero-order valence-corrected chi connectivity index (χ0v) is 9.55. The van der Waals surface area contributed by atoms with Crippen LogP contribution in [0.5, 0.6) is 11.5 Å². The van der Waals surface area contributed by atoms with Crippen LogP contribution < -0.4 is 4.43 Å². The van der Waals surface area contributed by atoms with Crippen molar-refractivity contribution in [2.45, 2.75) is 4.90 Å². The van der Waals surface area contributed by atoms with Crippen LogP contribution in [0.15, 0.2) is 17.0 Å². The van der Waals surface area contributed by atoms with Crippen molar-refractivity contribution in [2.24, 2.45) is 0 Å². The third-order valence-electron chi connectivity index (χ3n) is 1.54. The Morgan fingerprint density at radius 3 is 2.25 bits per heavy atom. The molecular formula is C7H8O7SSi. The number of phenols is 1. The first-order valence-corrected chi connectivity index (χ1v) is 6.06. The zero-order chi connectivity index (χ0) is 12.5. The molecule has 0 saturated carbocycles. The maximum absolute atomic E-state index is 10.6. The molecular weight excluding hydrogens is 256 g/mol. The van der Waals surface area contributed by atoms with Crippen LogP contribution in [0, 0.1) is 0 Å². The third-order valence-corrected chi connectivity index (χ3v) is 2.35. The van der Waals surface area contributed by atoms with Gasteiger partial charge in [0.25, 0.3) is 0 Å². The van der Waals surface area contributed by atoms with Crippen LogP contribution in [-0.4, -0.2) is 39.6 Å². The van der Waals surface area contributed by atoms with Crippen LogP contribution in [0.1, 0.15) is 10.4 Å². The summed E-state index contributed by atoms with van der Waals surface area (Å²) in [5, 5.41) is 18.0. The molecule has 7 nitrogen and oxygen atoms in total. The van der Waals surface area contributed by atoms with E-state index in [2.05, 4.69) is 17.1 Å². The molecule has 0 aromatic heterocycles. The van der Waals surface area contributed by atoms with Gasteiger partial charge in [-0.15, -0.1) is 12.6 Å². The number of benzene rings is 1. The first kappa shape index (κ1) is 12.8. The summed E-state index contributed by atoms with van der Waals surface area (Å²) in [6, 6.07) is 1.86. The fraction of sp³-hybridized carbons (Fsp3) is 0. The van der Waals surface area contributed by atoms with Gasteiger partial charge in [0.2, 0.25) is 0 Å². The lowest BCUT2D eigenvalue weighted by Gasteiger charge is -2.15. The quantitative estimate of drug-likeness (QED) is 0.310. The Balaban J connectivity index is 3.18. The van der Waals surface area contributed by atoms with Gasteiger partial charge in [-0.3, -0.25) is 0 Å². The maximum Gasteiger partial charge on any atom is 0.741 e. The normalized spacial score (nSPS) is 11.2. The second kappa shape index (κ2) is 4.31. The highest BCUT2D eigenvalue weighted by Crippen LogP contribution is 2.35. The second-order valence-corrected chi connectivity index (χ2v) is 4.66. The van der Waals surface area contributed by atoms with E-state index >= 15 is 0 Å². The summed E-state index contributed by atoms with van der Waals surface area (Å²) in [5.74, 6) is -2.45. The minimum Gasteiger partial charge on any atom is -0.504 e. The molecule has 0 fully saturated rings. The molecule has 1 aromatic carbocycles. The van der Waals surface area contributed by atoms with Crippen LogP contribution >= 0.6 is 12.6 Å². The summed E-state index contributed by atoms with van der Waals surface area (Å²) in [6.07, 6.45) is 0. The predicted molar refractivity (Wildman–Crippen MR) is 55.4 cm³/mol. The Morgan fingerprint density at radius 2 is 1.88 bits per heavy atom. The third kappa shape index (κ3) is 3.11. The first-order chi connectivity index (χ1) is 7.20. The van der Waals surface area contributed by atoms with Gasteiger partial charge in [0.15, 0.2) is 11.5 Å². The van der Waals surface area contributed by atoms with Crippen LogP contribution in [0.2, 0.25) is 0 Å². The van der Waals surface area contributed by atoms with E-state index in [1.807, 2.05) is 0 Å². The van der Waals surface area contributed by atoms with Crippen LogP contribution in [-0.2, 0) is 0 Å². The molecule has 16 heavy (non-hydrogen) atoms. The molecule has 0 amide bonds. The fourth-order valence-corrected chi connectivity index (χ4v) is 1.84. The number of hydrogen-bond acceptors (Lipinski definition) is 7. The molecule has 0 unspecified atom stereocenters. The van der Waals surface area contributed by atoms with Gasteiger partial charge in [0.1, 0.15) is 0 Å². The summed E-state index contributed by atoms with van der Waals surface area (Å²) in [4.78, 5) is 36.4. The number of aromatic hydroxyl groups is 1. The molecule has 0 radical (unpaired) electrons. The van der Waals surface area contributed by atoms with Gasteiger partial charge >= 0.3 is 15.0 Å². The number of thiol groups is 1. The second-order valence-electron chi connectivity index (χ2n) is 2.82. The average Bonchev–Trinajstić information content (AvgIpc) is 2.09. The minimum atomic E-state index is -4.86. The van der Waals surface area contributed by atoms with Crippen molar-refractivity contribution in [3.63, 3.8) is 0 Å². The van der Waals surface area contributed by atoms with Gasteiger partial charge in [0.05, 0.1) is 5.56 Å². The van der Waals surface area contributed by atoms with E-state index in [9.17, 15) is 9.90 Å². The topological polar surface area (TPSA) is 127 Å². The Kier molecular flexibility index (Phi) is 3.45. The molecule has 0 aliphatic rings. The zero-order valence-electron chi connectivity index (χ0n) is 7.65. The molecule has 0 aliphatic carbocycles. The van der Waals surface area contributed by atoms with Gasteiger partial charge in [0, 0.05) is 4.90 Å². The van der Waals surface area contributed by atoms with E-state index < -0.39 is 26.5 Å². The number of phenolic OH excluding ortho intramolecular Hbond substituents is 1. The van der Waals surface area contributed by atoms with Crippen molar-refractivity contribution in [1.29, 1.82) is 0 Å². The number of carboxylic acids is 1. The fourth-order valence-electron chi connectivity index (χ4n) is 0.964. The molecule has 0 spiro atoms. The number of aromatic carboxylic acids is 1. The van der Waals surface area contributed by atoms with Crippen molar-refractivity contribution >= 4 is 27.6 Å². The monoisotopic (exact) mass is 264 g/mol. The maximum atomic E-state index is 10.6. The SMILES string of the molecule is O=C(O)c1cc(O)c(O[Si](O)(O)O)c(S)c1. The lowest BCUT2D eigenvalue weighted by atomic mass is 10.2. The number of carboxylic acid groups (broad SMARTS) is 1. The molecule has 0 heterocycles. The van der Waals surface area contributed by atoms with Crippen LogP contribution in [0.25, 0.3) is 0 Å². The average molecular weight is 264 g/mol. The number of hydrogen-bond donors (Lipinski definition) is 6. The smallest absolute Gasteiger partial charge is 0.504 e. The molecule has 1 rings (SSSR count). The van der Waals surface area contributed by atoms with E-state index in [4.69, 9.17) is 19.5 Å². The lowest BCUT2D eigenvalue weighted by Crippen LogP contribution is -2.42. The Labute approximate surface area is 96.1 Å². The van der Waals surface area contributed by atoms with Crippen molar-refractivity contribution in [1.82, 2.24) is 0 Å². The van der Waals surface area contributed by atoms with Gasteiger partial charge in [-0.05, 0) is 12.1 Å². The summed E-state index contributed by atoms with van der Waals surface area (Å²) < 4.78 is 4.28. The largest absolute Gasteiger partial charge is 0.741 e. The van der Waals surface area contributed by atoms with E-state index in [1.54, 1.807) is 0 Å². The van der Waals surface area contributed by atoms with Crippen molar-refractivity contribution in [2.75, 3.05) is 0 Å². The number of carbonyl (C=O) groups is 1. The van der Waals surface area contributed by atoms with E-state index in [1.165, 1.54) is 0 Å². The molecule has 0 bridgehead atoms. The molecule has 1 aromatic rings. The van der Waals surface area contributed by atoms with Crippen molar-refractivity contribution in [3.8, 4) is 11.5 Å².